The van der Waals surface area contributed by atoms with E-state index in [0.717, 1.165) is 103 Å². The zero-order chi connectivity index (χ0) is 35.8. The average Bonchev–Trinajstić information content (AvgIpc) is 3.23. The Balaban J connectivity index is 1.22. The zero-order valence-electron chi connectivity index (χ0n) is 29.7. The summed E-state index contributed by atoms with van der Waals surface area (Å²) in [6.07, 6.45) is 11.7. The van der Waals surface area contributed by atoms with Crippen LogP contribution in [0.1, 0.15) is 18.4 Å². The SMILES string of the molecule is C1=CCCC2Cc3c(-c4cccc(-c5c(-c6ccccc6)nc(-c6cccc7ccccc67)nc5-c5ccccc5)c4)nc4ccccc4c3N=C2C=C1. The van der Waals surface area contributed by atoms with Gasteiger partial charge in [0.05, 0.1) is 28.3 Å². The Labute approximate surface area is 315 Å². The monoisotopic (exact) mass is 692 g/mol. The highest BCUT2D eigenvalue weighted by atomic mass is 14.9. The second kappa shape index (κ2) is 13.6. The van der Waals surface area contributed by atoms with Gasteiger partial charge in [-0.2, -0.15) is 0 Å². The highest BCUT2D eigenvalue weighted by Gasteiger charge is 2.28. The molecule has 1 unspecified atom stereocenters. The molecule has 0 radical (unpaired) electrons. The Bertz CT molecular complexity index is 2730. The fourth-order valence-corrected chi connectivity index (χ4v) is 8.12. The molecular weight excluding hydrogens is 657 g/mol. The molecule has 4 heteroatoms. The molecule has 0 saturated heterocycles. The van der Waals surface area contributed by atoms with Crippen LogP contribution in [0.4, 0.5) is 5.69 Å². The third-order valence-corrected chi connectivity index (χ3v) is 10.7. The number of aliphatic imine (C=N–C) groups is 1. The Hall–Kier alpha value is -6.78. The van der Waals surface area contributed by atoms with Gasteiger partial charge in [-0.1, -0.05) is 158 Å². The van der Waals surface area contributed by atoms with Crippen molar-refractivity contribution in [2.45, 2.75) is 19.3 Å². The van der Waals surface area contributed by atoms with Gasteiger partial charge in [0.25, 0.3) is 0 Å². The number of rotatable bonds is 5. The lowest BCUT2D eigenvalue weighted by atomic mass is 9.83. The van der Waals surface area contributed by atoms with Crippen LogP contribution in [-0.2, 0) is 6.42 Å². The van der Waals surface area contributed by atoms with E-state index in [9.17, 15) is 0 Å². The maximum Gasteiger partial charge on any atom is 0.161 e. The molecule has 256 valence electrons. The molecule has 0 saturated carbocycles. The molecule has 1 aliphatic carbocycles. The normalized spacial score (nSPS) is 15.0. The van der Waals surface area contributed by atoms with Crippen molar-refractivity contribution >= 4 is 33.1 Å². The highest BCUT2D eigenvalue weighted by Crippen LogP contribution is 2.45. The number of hydrogen-bond donors (Lipinski definition) is 0. The van der Waals surface area contributed by atoms with Crippen molar-refractivity contribution in [3.05, 3.63) is 182 Å². The van der Waals surface area contributed by atoms with Crippen molar-refractivity contribution in [1.82, 2.24) is 15.0 Å². The van der Waals surface area contributed by atoms with Gasteiger partial charge in [-0.15, -0.1) is 0 Å². The Morgan fingerprint density at radius 2 is 1.17 bits per heavy atom. The van der Waals surface area contributed by atoms with Gasteiger partial charge in [0, 0.05) is 50.4 Å². The molecule has 0 N–H and O–H groups in total. The summed E-state index contributed by atoms with van der Waals surface area (Å²) in [5.41, 5.74) is 13.3. The summed E-state index contributed by atoms with van der Waals surface area (Å²) in [6, 6.07) is 53.1. The lowest BCUT2D eigenvalue weighted by Gasteiger charge is -2.26. The molecule has 6 aromatic carbocycles. The minimum absolute atomic E-state index is 0.341. The first-order valence-electron chi connectivity index (χ1n) is 18.7. The van der Waals surface area contributed by atoms with Crippen molar-refractivity contribution in [3.63, 3.8) is 0 Å². The van der Waals surface area contributed by atoms with E-state index in [0.29, 0.717) is 11.7 Å². The number of hydrogen-bond acceptors (Lipinski definition) is 4. The summed E-state index contributed by atoms with van der Waals surface area (Å²) in [6.45, 7) is 0. The Morgan fingerprint density at radius 3 is 1.96 bits per heavy atom. The summed E-state index contributed by atoms with van der Waals surface area (Å²) in [7, 11) is 0. The lowest BCUT2D eigenvalue weighted by Crippen LogP contribution is -2.20. The second-order valence-corrected chi connectivity index (χ2v) is 14.1. The van der Waals surface area contributed by atoms with Crippen molar-refractivity contribution in [1.29, 1.82) is 0 Å². The molecule has 2 aromatic heterocycles. The quantitative estimate of drug-likeness (QED) is 0.180. The fourth-order valence-electron chi connectivity index (χ4n) is 8.12. The van der Waals surface area contributed by atoms with Crippen LogP contribution in [0.25, 0.3) is 78.0 Å². The van der Waals surface area contributed by atoms with E-state index in [-0.39, 0.29) is 0 Å². The molecular formula is C50H36N4. The molecule has 0 spiro atoms. The zero-order valence-corrected chi connectivity index (χ0v) is 29.7. The summed E-state index contributed by atoms with van der Waals surface area (Å²) in [5, 5.41) is 3.38. The molecule has 0 bridgehead atoms. The maximum atomic E-state index is 5.44. The standard InChI is InChI=1S/C50H36N4/c1-2-10-29-43-36(22-5-1)32-42-46(52-44-30-14-13-27-41(44)49(42)51-43)38-25-15-24-37(31-38)45-47(34-18-6-3-7-19-34)53-50(54-48(45)35-20-8-4-9-21-35)40-28-16-23-33-17-11-12-26-39(33)40/h1-4,6-21,23-31,36H,5,22,32H2. The van der Waals surface area contributed by atoms with E-state index in [1.165, 1.54) is 5.56 Å². The van der Waals surface area contributed by atoms with Crippen LogP contribution in [0.3, 0.4) is 0 Å². The minimum atomic E-state index is 0.341. The predicted octanol–water partition coefficient (Wildman–Crippen LogP) is 12.7. The van der Waals surface area contributed by atoms with Gasteiger partial charge in [-0.3, -0.25) is 4.99 Å². The van der Waals surface area contributed by atoms with Crippen molar-refractivity contribution in [2.75, 3.05) is 0 Å². The molecule has 1 atom stereocenters. The van der Waals surface area contributed by atoms with Crippen molar-refractivity contribution in [2.24, 2.45) is 10.9 Å². The predicted molar refractivity (Wildman–Crippen MR) is 224 cm³/mol. The Morgan fingerprint density at radius 1 is 0.519 bits per heavy atom. The summed E-state index contributed by atoms with van der Waals surface area (Å²) < 4.78 is 0. The van der Waals surface area contributed by atoms with Crippen molar-refractivity contribution < 1.29 is 0 Å². The molecule has 0 amide bonds. The topological polar surface area (TPSA) is 51.0 Å². The number of para-hydroxylation sites is 1. The molecule has 1 aliphatic heterocycles. The third kappa shape index (κ3) is 5.73. The van der Waals surface area contributed by atoms with Gasteiger partial charge in [0.1, 0.15) is 0 Å². The number of fused-ring (bicyclic) bond motifs is 5. The minimum Gasteiger partial charge on any atom is -0.252 e. The molecule has 10 rings (SSSR count). The molecule has 2 aliphatic rings. The maximum absolute atomic E-state index is 5.44. The molecule has 54 heavy (non-hydrogen) atoms. The largest absolute Gasteiger partial charge is 0.252 e. The fraction of sp³-hybridized carbons (Fsp3) is 0.0800. The highest BCUT2D eigenvalue weighted by molar-refractivity contribution is 6.06. The van der Waals surface area contributed by atoms with Gasteiger partial charge in [-0.25, -0.2) is 15.0 Å². The number of allylic oxidation sites excluding steroid dienone is 4. The van der Waals surface area contributed by atoms with Crippen LogP contribution < -0.4 is 0 Å². The van der Waals surface area contributed by atoms with Crippen LogP contribution in [0.2, 0.25) is 0 Å². The first kappa shape index (κ1) is 31.9. The van der Waals surface area contributed by atoms with Crippen LogP contribution in [-0.4, -0.2) is 20.7 Å². The van der Waals surface area contributed by atoms with Gasteiger partial charge in [0.2, 0.25) is 0 Å². The summed E-state index contributed by atoms with van der Waals surface area (Å²) in [4.78, 5) is 21.6. The first-order chi connectivity index (χ1) is 26.8. The number of pyridine rings is 1. The number of benzene rings is 6. The van der Waals surface area contributed by atoms with Gasteiger partial charge in [-0.05, 0) is 53.8 Å². The van der Waals surface area contributed by atoms with Gasteiger partial charge >= 0.3 is 0 Å². The number of nitrogens with zero attached hydrogens (tertiary/aromatic N) is 4. The van der Waals surface area contributed by atoms with Gasteiger partial charge < -0.3 is 0 Å². The smallest absolute Gasteiger partial charge is 0.161 e. The molecule has 8 aromatic rings. The third-order valence-electron chi connectivity index (χ3n) is 10.7. The van der Waals surface area contributed by atoms with E-state index in [2.05, 4.69) is 176 Å². The summed E-state index contributed by atoms with van der Waals surface area (Å²) in [5.74, 6) is 1.04. The molecule has 4 nitrogen and oxygen atoms in total. The van der Waals surface area contributed by atoms with E-state index in [4.69, 9.17) is 19.9 Å². The van der Waals surface area contributed by atoms with Crippen LogP contribution in [0.5, 0.6) is 0 Å². The first-order valence-corrected chi connectivity index (χ1v) is 18.7. The van der Waals surface area contributed by atoms with E-state index in [1.807, 2.05) is 0 Å². The van der Waals surface area contributed by atoms with E-state index in [1.54, 1.807) is 0 Å². The van der Waals surface area contributed by atoms with E-state index >= 15 is 0 Å². The Kier molecular flexibility index (Phi) is 8.07. The van der Waals surface area contributed by atoms with Crippen molar-refractivity contribution in [3.8, 4) is 56.3 Å². The molecule has 0 fully saturated rings. The lowest BCUT2D eigenvalue weighted by molar-refractivity contribution is 0.624. The average molecular weight is 693 g/mol. The summed E-state index contributed by atoms with van der Waals surface area (Å²) >= 11 is 0. The second-order valence-electron chi connectivity index (χ2n) is 14.1. The molecule has 3 heterocycles. The van der Waals surface area contributed by atoms with Crippen LogP contribution in [0.15, 0.2) is 181 Å². The number of aromatic nitrogens is 3. The van der Waals surface area contributed by atoms with Gasteiger partial charge in [0.15, 0.2) is 5.82 Å². The van der Waals surface area contributed by atoms with Crippen LogP contribution >= 0.6 is 0 Å². The van der Waals surface area contributed by atoms with E-state index < -0.39 is 0 Å². The van der Waals surface area contributed by atoms with Crippen LogP contribution in [0, 0.1) is 5.92 Å².